The van der Waals surface area contributed by atoms with Gasteiger partial charge in [-0.25, -0.2) is 4.79 Å². The molecule has 1 heterocycles. The third kappa shape index (κ3) is 5.70. The van der Waals surface area contributed by atoms with Crippen molar-refractivity contribution < 1.29 is 9.53 Å². The normalized spacial score (nSPS) is 18.8. The maximum absolute atomic E-state index is 12.2. The summed E-state index contributed by atoms with van der Waals surface area (Å²) in [5.41, 5.74) is 1.80. The number of rotatable bonds is 3. The summed E-state index contributed by atoms with van der Waals surface area (Å²) in [4.78, 5) is 14.0. The Morgan fingerprint density at radius 1 is 1.43 bits per heavy atom. The van der Waals surface area contributed by atoms with Crippen LogP contribution >= 0.6 is 11.6 Å². The van der Waals surface area contributed by atoms with E-state index >= 15 is 0 Å². The van der Waals surface area contributed by atoms with Crippen LogP contribution < -0.4 is 5.32 Å². The van der Waals surface area contributed by atoms with Crippen molar-refractivity contribution in [2.75, 3.05) is 13.1 Å². The summed E-state index contributed by atoms with van der Waals surface area (Å²) in [5, 5.41) is 4.32. The summed E-state index contributed by atoms with van der Waals surface area (Å²) in [7, 11) is 0. The number of amides is 1. The third-order valence-electron chi connectivity index (χ3n) is 3.90. The van der Waals surface area contributed by atoms with E-state index in [-0.39, 0.29) is 12.1 Å². The first-order valence-corrected chi connectivity index (χ1v) is 8.59. The molecule has 0 aliphatic carbocycles. The molecule has 1 aliphatic rings. The molecule has 1 atom stereocenters. The second kappa shape index (κ2) is 7.54. The molecule has 2 rings (SSSR count). The summed E-state index contributed by atoms with van der Waals surface area (Å²) in [6.45, 7) is 9.90. The molecule has 5 heteroatoms. The van der Waals surface area contributed by atoms with Crippen molar-refractivity contribution in [3.63, 3.8) is 0 Å². The molecule has 0 radical (unpaired) electrons. The molecule has 0 aromatic heterocycles. The van der Waals surface area contributed by atoms with Gasteiger partial charge in [0.25, 0.3) is 0 Å². The van der Waals surface area contributed by atoms with Crippen LogP contribution in [0.2, 0.25) is 5.02 Å². The summed E-state index contributed by atoms with van der Waals surface area (Å²) in [5.74, 6) is 0. The van der Waals surface area contributed by atoms with Crippen molar-refractivity contribution in [2.24, 2.45) is 0 Å². The molecule has 1 saturated heterocycles. The monoisotopic (exact) mass is 338 g/mol. The van der Waals surface area contributed by atoms with Gasteiger partial charge in [-0.2, -0.15) is 0 Å². The van der Waals surface area contributed by atoms with Gasteiger partial charge in [-0.15, -0.1) is 0 Å². The van der Waals surface area contributed by atoms with Crippen molar-refractivity contribution in [3.8, 4) is 0 Å². The fourth-order valence-electron chi connectivity index (χ4n) is 2.64. The number of aryl methyl sites for hydroxylation is 1. The zero-order valence-corrected chi connectivity index (χ0v) is 15.2. The van der Waals surface area contributed by atoms with Crippen molar-refractivity contribution >= 4 is 17.7 Å². The minimum atomic E-state index is -0.448. The molecule has 1 fully saturated rings. The molecule has 0 bridgehead atoms. The first-order valence-electron chi connectivity index (χ1n) is 8.21. The van der Waals surface area contributed by atoms with Crippen LogP contribution in [0, 0.1) is 6.92 Å². The van der Waals surface area contributed by atoms with Crippen molar-refractivity contribution in [3.05, 3.63) is 34.3 Å². The lowest BCUT2D eigenvalue weighted by atomic mass is 10.1. The molecule has 0 saturated carbocycles. The van der Waals surface area contributed by atoms with E-state index in [1.54, 1.807) is 4.90 Å². The van der Waals surface area contributed by atoms with E-state index in [4.69, 9.17) is 16.3 Å². The predicted octanol–water partition coefficient (Wildman–Crippen LogP) is 4.14. The van der Waals surface area contributed by atoms with Crippen molar-refractivity contribution in [1.82, 2.24) is 10.2 Å². The van der Waals surface area contributed by atoms with Crippen LogP contribution in [0.5, 0.6) is 0 Å². The largest absolute Gasteiger partial charge is 0.444 e. The third-order valence-corrected chi connectivity index (χ3v) is 4.31. The van der Waals surface area contributed by atoms with E-state index in [9.17, 15) is 4.79 Å². The molecule has 1 unspecified atom stereocenters. The highest BCUT2D eigenvalue weighted by atomic mass is 35.5. The van der Waals surface area contributed by atoms with Crippen molar-refractivity contribution in [2.45, 2.75) is 58.7 Å². The first-order chi connectivity index (χ1) is 10.7. The standard InChI is InChI=1S/C18H27ClN2O2/c1-13-7-8-14(10-16(13)19)11-20-15-6-5-9-21(12-15)17(22)23-18(2,3)4/h7-8,10,15,20H,5-6,9,11-12H2,1-4H3. The number of halogens is 1. The average molecular weight is 339 g/mol. The summed E-state index contributed by atoms with van der Waals surface area (Å²) >= 11 is 6.16. The Hall–Kier alpha value is -1.26. The molecule has 1 aromatic carbocycles. The Bertz CT molecular complexity index is 554. The molecular formula is C18H27ClN2O2. The minimum Gasteiger partial charge on any atom is -0.444 e. The van der Waals surface area contributed by atoms with Crippen molar-refractivity contribution in [1.29, 1.82) is 0 Å². The molecule has 1 aromatic rings. The van der Waals surface area contributed by atoms with Gasteiger partial charge >= 0.3 is 6.09 Å². The van der Waals surface area contributed by atoms with Gasteiger partial charge < -0.3 is 15.0 Å². The lowest BCUT2D eigenvalue weighted by Gasteiger charge is -2.34. The molecule has 128 valence electrons. The van der Waals surface area contributed by atoms with E-state index < -0.39 is 5.60 Å². The molecule has 1 N–H and O–H groups in total. The Kier molecular flexibility index (Phi) is 5.93. The molecule has 23 heavy (non-hydrogen) atoms. The van der Waals surface area contributed by atoms with Crippen LogP contribution in [0.25, 0.3) is 0 Å². The number of carbonyl (C=O) groups excluding carboxylic acids is 1. The van der Waals surface area contributed by atoms with Gasteiger partial charge in [0, 0.05) is 30.7 Å². The summed E-state index contributed by atoms with van der Waals surface area (Å²) in [6, 6.07) is 6.41. The van der Waals surface area contributed by atoms with Crippen LogP contribution in [0.15, 0.2) is 18.2 Å². The first kappa shape index (κ1) is 18.1. The second-order valence-corrected chi connectivity index (χ2v) is 7.64. The lowest BCUT2D eigenvalue weighted by molar-refractivity contribution is 0.0187. The average Bonchev–Trinajstić information content (AvgIpc) is 2.47. The number of nitrogens with zero attached hydrogens (tertiary/aromatic N) is 1. The summed E-state index contributed by atoms with van der Waals surface area (Å²) in [6.07, 6.45) is 1.84. The fraction of sp³-hybridized carbons (Fsp3) is 0.611. The number of nitrogens with one attached hydrogen (secondary N) is 1. The lowest BCUT2D eigenvalue weighted by Crippen LogP contribution is -2.49. The van der Waals surface area contributed by atoms with E-state index in [0.29, 0.717) is 6.54 Å². The molecule has 4 nitrogen and oxygen atoms in total. The highest BCUT2D eigenvalue weighted by molar-refractivity contribution is 6.31. The van der Waals surface area contributed by atoms with E-state index in [1.165, 1.54) is 0 Å². The zero-order valence-electron chi connectivity index (χ0n) is 14.5. The molecule has 0 spiro atoms. The van der Waals surface area contributed by atoms with Gasteiger partial charge in [-0.05, 0) is 57.7 Å². The van der Waals surface area contributed by atoms with Crippen LogP contribution in [0.4, 0.5) is 4.79 Å². The van der Waals surface area contributed by atoms with Crippen LogP contribution in [0.1, 0.15) is 44.7 Å². The van der Waals surface area contributed by atoms with Crippen LogP contribution in [-0.4, -0.2) is 35.7 Å². The SMILES string of the molecule is Cc1ccc(CNC2CCCN(C(=O)OC(C)(C)C)C2)cc1Cl. The van der Waals surface area contributed by atoms with Gasteiger partial charge in [0.05, 0.1) is 0 Å². The van der Waals surface area contributed by atoms with Gasteiger partial charge in [0.1, 0.15) is 5.60 Å². The Morgan fingerprint density at radius 3 is 2.83 bits per heavy atom. The van der Waals surface area contributed by atoms with Gasteiger partial charge in [0.15, 0.2) is 0 Å². The second-order valence-electron chi connectivity index (χ2n) is 7.23. The number of ether oxygens (including phenoxy) is 1. The highest BCUT2D eigenvalue weighted by Gasteiger charge is 2.27. The van der Waals surface area contributed by atoms with Gasteiger partial charge in [0.2, 0.25) is 0 Å². The predicted molar refractivity (Wildman–Crippen MR) is 93.9 cm³/mol. The van der Waals surface area contributed by atoms with Gasteiger partial charge in [-0.1, -0.05) is 23.7 Å². The number of piperidine rings is 1. The topological polar surface area (TPSA) is 41.6 Å². The molecule has 1 amide bonds. The number of benzene rings is 1. The fourth-order valence-corrected chi connectivity index (χ4v) is 2.85. The highest BCUT2D eigenvalue weighted by Crippen LogP contribution is 2.18. The van der Waals surface area contributed by atoms with E-state index in [0.717, 1.165) is 42.1 Å². The summed E-state index contributed by atoms with van der Waals surface area (Å²) < 4.78 is 5.46. The Labute approximate surface area is 144 Å². The number of hydrogen-bond acceptors (Lipinski definition) is 3. The number of hydrogen-bond donors (Lipinski definition) is 1. The smallest absolute Gasteiger partial charge is 0.410 e. The maximum Gasteiger partial charge on any atom is 0.410 e. The van der Waals surface area contributed by atoms with Gasteiger partial charge in [-0.3, -0.25) is 0 Å². The zero-order chi connectivity index (χ0) is 17.0. The maximum atomic E-state index is 12.2. The molecular weight excluding hydrogens is 312 g/mol. The van der Waals surface area contributed by atoms with Crippen LogP contribution in [-0.2, 0) is 11.3 Å². The number of likely N-dealkylation sites (tertiary alicyclic amines) is 1. The number of carbonyl (C=O) groups is 1. The van der Waals surface area contributed by atoms with E-state index in [1.807, 2.05) is 39.8 Å². The van der Waals surface area contributed by atoms with Crippen LogP contribution in [0.3, 0.4) is 0 Å². The van der Waals surface area contributed by atoms with E-state index in [2.05, 4.69) is 11.4 Å². The Balaban J connectivity index is 1.86. The quantitative estimate of drug-likeness (QED) is 0.900. The molecule has 1 aliphatic heterocycles. The Morgan fingerprint density at radius 2 is 2.17 bits per heavy atom. The minimum absolute atomic E-state index is 0.220.